The summed E-state index contributed by atoms with van der Waals surface area (Å²) in [5.74, 6) is 0. The van der Waals surface area contributed by atoms with Crippen LogP contribution in [0.1, 0.15) is 10.4 Å². The summed E-state index contributed by atoms with van der Waals surface area (Å²) in [6, 6.07) is 9.11. The van der Waals surface area contributed by atoms with Crippen molar-refractivity contribution in [1.29, 1.82) is 0 Å². The molecule has 0 aliphatic rings. The fourth-order valence-corrected chi connectivity index (χ4v) is 0.860. The zero-order valence-electron chi connectivity index (χ0n) is 5.70. The molecule has 3 heteroatoms. The fraction of sp³-hybridized carbons (Fsp3) is 0. The average molecular weight is 202 g/mol. The van der Waals surface area contributed by atoms with Gasteiger partial charge < -0.3 is 6.15 Å². The van der Waals surface area contributed by atoms with Crippen molar-refractivity contribution in [2.75, 3.05) is 0 Å². The molecule has 0 amide bonds. The quantitative estimate of drug-likeness (QED) is 0.687. The minimum Gasteiger partial charge on any atom is -0.369 e. The first-order chi connectivity index (χ1) is 4.30. The van der Waals surface area contributed by atoms with Crippen LogP contribution >= 0.6 is 0 Å². The number of hydrogen-bond acceptors (Lipinski definition) is 1. The molecule has 0 aliphatic carbocycles. The number of carbonyl (C=O) groups excluding carboxylic acids is 1. The third-order valence-electron chi connectivity index (χ3n) is 1.01. The summed E-state index contributed by atoms with van der Waals surface area (Å²) in [6.07, 6.45) is 0. The number of quaternary nitrogens is 1. The molecule has 0 saturated heterocycles. The zero-order valence-corrected chi connectivity index (χ0v) is 7.42. The van der Waals surface area contributed by atoms with E-state index in [9.17, 15) is 4.79 Å². The molecule has 0 radical (unpaired) electrons. The van der Waals surface area contributed by atoms with Gasteiger partial charge in [0.1, 0.15) is 0 Å². The number of carbonyl (C=O) groups is 1. The topological polar surface area (TPSA) is 53.6 Å². The van der Waals surface area contributed by atoms with Crippen LogP contribution in [0, 0.1) is 0 Å². The van der Waals surface area contributed by atoms with E-state index < -0.39 is 0 Å². The largest absolute Gasteiger partial charge is 0.369 e. The van der Waals surface area contributed by atoms with Gasteiger partial charge in [-0.1, -0.05) is 0 Å². The van der Waals surface area contributed by atoms with Crippen LogP contribution in [0.3, 0.4) is 0 Å². The Bertz CT molecular complexity index is 210. The van der Waals surface area contributed by atoms with Gasteiger partial charge in [0.2, 0.25) is 0 Å². The third kappa shape index (κ3) is 2.31. The summed E-state index contributed by atoms with van der Waals surface area (Å²) in [5, 5.41) is 0. The first-order valence-corrected chi connectivity index (χ1v) is 3.43. The van der Waals surface area contributed by atoms with Crippen molar-refractivity contribution in [3.8, 4) is 0 Å². The minimum absolute atomic E-state index is 0. The van der Waals surface area contributed by atoms with Crippen LogP contribution in [0.5, 0.6) is 0 Å². The van der Waals surface area contributed by atoms with Crippen LogP contribution in [0.2, 0.25) is 0 Å². The summed E-state index contributed by atoms with van der Waals surface area (Å²) >= 11 is 2.42. The van der Waals surface area contributed by atoms with Gasteiger partial charge in [-0.15, -0.1) is 0 Å². The molecule has 0 fully saturated rings. The maximum atomic E-state index is 10.6. The molecule has 1 aromatic carbocycles. The Hall–Kier alpha value is -0.631. The zero-order chi connectivity index (χ0) is 6.69. The molecule has 1 aromatic rings. The van der Waals surface area contributed by atoms with Gasteiger partial charge in [-0.2, -0.15) is 0 Å². The molecule has 0 aromatic heterocycles. The molecule has 0 spiro atoms. The molecule has 0 atom stereocenters. The molecule has 0 unspecified atom stereocenters. The Balaban J connectivity index is 0.000000810. The van der Waals surface area contributed by atoms with Crippen LogP contribution in [0.15, 0.2) is 30.3 Å². The van der Waals surface area contributed by atoms with E-state index in [0.717, 1.165) is 5.56 Å². The molecular formula is C7H9NOSe. The van der Waals surface area contributed by atoms with Gasteiger partial charge in [0.05, 0.1) is 0 Å². The normalized spacial score (nSPS) is 8.00. The molecule has 10 heavy (non-hydrogen) atoms. The Kier molecular flexibility index (Phi) is 3.96. The van der Waals surface area contributed by atoms with E-state index in [0.29, 0.717) is 0 Å². The maximum Gasteiger partial charge on any atom is -0.369 e. The second kappa shape index (κ2) is 4.23. The van der Waals surface area contributed by atoms with Gasteiger partial charge in [-0.25, -0.2) is 0 Å². The van der Waals surface area contributed by atoms with E-state index in [-0.39, 0.29) is 10.8 Å². The number of benzene rings is 1. The van der Waals surface area contributed by atoms with Crippen molar-refractivity contribution in [2.45, 2.75) is 0 Å². The SMILES string of the molecule is O=C([Se-])c1ccccc1.[NH4+]. The van der Waals surface area contributed by atoms with E-state index in [1.807, 2.05) is 18.2 Å². The van der Waals surface area contributed by atoms with Crippen LogP contribution in [0.25, 0.3) is 0 Å². The standard InChI is InChI=1S/C7H6OSe.H3N/c8-7(9)6-4-2-1-3-5-6;/h1-5H,(H,8,9);1H3. The van der Waals surface area contributed by atoms with E-state index in [4.69, 9.17) is 0 Å². The molecule has 54 valence electrons. The molecule has 0 saturated carbocycles. The van der Waals surface area contributed by atoms with Gasteiger partial charge in [0, 0.05) is 0 Å². The number of hydrogen-bond donors (Lipinski definition) is 1. The Labute approximate surface area is 68.0 Å². The molecule has 4 N–H and O–H groups in total. The Morgan fingerprint density at radius 3 is 2.00 bits per heavy atom. The summed E-state index contributed by atoms with van der Waals surface area (Å²) < 4.78 is -0.00407. The molecule has 2 nitrogen and oxygen atoms in total. The second-order valence-electron chi connectivity index (χ2n) is 1.65. The van der Waals surface area contributed by atoms with Gasteiger partial charge in [-0.05, 0) is 0 Å². The summed E-state index contributed by atoms with van der Waals surface area (Å²) in [7, 11) is 0. The van der Waals surface area contributed by atoms with Gasteiger partial charge in [-0.3, -0.25) is 0 Å². The van der Waals surface area contributed by atoms with Crippen LogP contribution < -0.4 is 6.15 Å². The Morgan fingerprint density at radius 1 is 1.20 bits per heavy atom. The van der Waals surface area contributed by atoms with Crippen molar-refractivity contribution in [3.05, 3.63) is 35.9 Å². The Morgan fingerprint density at radius 2 is 1.70 bits per heavy atom. The van der Waals surface area contributed by atoms with Gasteiger partial charge in [0.25, 0.3) is 0 Å². The van der Waals surface area contributed by atoms with Crippen molar-refractivity contribution in [2.24, 2.45) is 0 Å². The first-order valence-electron chi connectivity index (χ1n) is 2.57. The summed E-state index contributed by atoms with van der Waals surface area (Å²) in [4.78, 5) is 10.6. The predicted molar refractivity (Wildman–Crippen MR) is 42.5 cm³/mol. The predicted octanol–water partition coefficient (Wildman–Crippen LogP) is 1.37. The van der Waals surface area contributed by atoms with Crippen LogP contribution in [0.4, 0.5) is 0 Å². The summed E-state index contributed by atoms with van der Waals surface area (Å²) in [6.45, 7) is 0. The van der Waals surface area contributed by atoms with Gasteiger partial charge >= 0.3 is 61.4 Å². The van der Waals surface area contributed by atoms with Crippen molar-refractivity contribution < 1.29 is 4.79 Å². The first kappa shape index (κ1) is 9.37. The van der Waals surface area contributed by atoms with Crippen molar-refractivity contribution in [1.82, 2.24) is 6.15 Å². The molecule has 1 rings (SSSR count). The van der Waals surface area contributed by atoms with Crippen LogP contribution in [-0.4, -0.2) is 20.7 Å². The molecular weight excluding hydrogens is 193 g/mol. The minimum atomic E-state index is -0.00407. The van der Waals surface area contributed by atoms with Crippen molar-refractivity contribution >= 4 is 20.7 Å². The molecule has 0 aliphatic heterocycles. The number of rotatable bonds is 1. The maximum absolute atomic E-state index is 10.6. The van der Waals surface area contributed by atoms with Crippen molar-refractivity contribution in [3.63, 3.8) is 0 Å². The third-order valence-corrected chi connectivity index (χ3v) is 1.50. The second-order valence-corrected chi connectivity index (χ2v) is 2.43. The smallest absolute Gasteiger partial charge is 0.369 e. The molecule has 0 heterocycles. The molecule has 0 bridgehead atoms. The average Bonchev–Trinajstić information content (AvgIpc) is 1.90. The van der Waals surface area contributed by atoms with Crippen LogP contribution in [-0.2, 0) is 0 Å². The van der Waals surface area contributed by atoms with Gasteiger partial charge in [0.15, 0.2) is 0 Å². The van der Waals surface area contributed by atoms with E-state index in [1.165, 1.54) is 0 Å². The summed E-state index contributed by atoms with van der Waals surface area (Å²) in [5.41, 5.74) is 0.720. The van der Waals surface area contributed by atoms with E-state index >= 15 is 0 Å². The fourth-order valence-electron chi connectivity index (χ4n) is 0.574. The van der Waals surface area contributed by atoms with E-state index in [2.05, 4.69) is 16.0 Å². The monoisotopic (exact) mass is 203 g/mol. The van der Waals surface area contributed by atoms with E-state index in [1.54, 1.807) is 12.1 Å².